The lowest BCUT2D eigenvalue weighted by molar-refractivity contribution is -0.147. The van der Waals surface area contributed by atoms with E-state index in [1.54, 1.807) is 6.07 Å². The molecule has 0 saturated heterocycles. The molecule has 6 heteroatoms. The molecule has 1 fully saturated rings. The molecule has 1 amide bonds. The van der Waals surface area contributed by atoms with Gasteiger partial charge in [0, 0.05) is 20.3 Å². The molecule has 1 N–H and O–H groups in total. The van der Waals surface area contributed by atoms with E-state index in [9.17, 15) is 14.7 Å². The van der Waals surface area contributed by atoms with E-state index in [1.165, 1.54) is 16.2 Å². The van der Waals surface area contributed by atoms with Crippen LogP contribution in [-0.2, 0) is 9.59 Å². The van der Waals surface area contributed by atoms with Crippen LogP contribution in [-0.4, -0.2) is 28.4 Å². The number of hydrogen-bond donors (Lipinski definition) is 1. The van der Waals surface area contributed by atoms with Crippen LogP contribution in [0.5, 0.6) is 0 Å². The molecule has 92 valence electrons. The van der Waals surface area contributed by atoms with Crippen LogP contribution in [0.2, 0.25) is 0 Å². The van der Waals surface area contributed by atoms with Crippen molar-refractivity contribution in [3.8, 4) is 0 Å². The Morgan fingerprint density at radius 3 is 2.71 bits per heavy atom. The molecule has 1 aliphatic carbocycles. The molecule has 0 radical (unpaired) electrons. The second-order valence-electron chi connectivity index (χ2n) is 4.08. The summed E-state index contributed by atoms with van der Waals surface area (Å²) >= 11 is 4.78. The molecule has 1 atom stereocenters. The number of nitrogens with zero attached hydrogens (tertiary/aromatic N) is 1. The maximum absolute atomic E-state index is 11.3. The molecule has 2 rings (SSSR count). The SMILES string of the molecule is Cc1sc(C(C(=O)O)N(C=O)C2CC2)cc1Br. The van der Waals surface area contributed by atoms with Gasteiger partial charge < -0.3 is 10.0 Å². The van der Waals surface area contributed by atoms with Gasteiger partial charge in [0.25, 0.3) is 0 Å². The van der Waals surface area contributed by atoms with E-state index in [0.717, 1.165) is 22.2 Å². The summed E-state index contributed by atoms with van der Waals surface area (Å²) in [4.78, 5) is 25.5. The maximum atomic E-state index is 11.3. The predicted molar refractivity (Wildman–Crippen MR) is 68.1 cm³/mol. The minimum absolute atomic E-state index is 0.0924. The highest BCUT2D eigenvalue weighted by molar-refractivity contribution is 9.10. The Morgan fingerprint density at radius 2 is 2.35 bits per heavy atom. The van der Waals surface area contributed by atoms with Crippen molar-refractivity contribution in [1.82, 2.24) is 4.90 Å². The molecule has 0 spiro atoms. The molecule has 0 aliphatic heterocycles. The fourth-order valence-electron chi connectivity index (χ4n) is 1.74. The first-order valence-electron chi connectivity index (χ1n) is 5.26. The van der Waals surface area contributed by atoms with Crippen LogP contribution in [0.3, 0.4) is 0 Å². The Morgan fingerprint density at radius 1 is 1.71 bits per heavy atom. The third-order valence-electron chi connectivity index (χ3n) is 2.77. The molecular formula is C11H12BrNO3S. The van der Waals surface area contributed by atoms with E-state index < -0.39 is 12.0 Å². The number of carbonyl (C=O) groups excluding carboxylic acids is 1. The van der Waals surface area contributed by atoms with Gasteiger partial charge in [-0.3, -0.25) is 4.79 Å². The molecule has 1 unspecified atom stereocenters. The summed E-state index contributed by atoms with van der Waals surface area (Å²) < 4.78 is 0.894. The fraction of sp³-hybridized carbons (Fsp3) is 0.455. The Labute approximate surface area is 111 Å². The Bertz CT molecular complexity index is 436. The van der Waals surface area contributed by atoms with Gasteiger partial charge in [-0.25, -0.2) is 4.79 Å². The van der Waals surface area contributed by atoms with E-state index in [4.69, 9.17) is 0 Å². The lowest BCUT2D eigenvalue weighted by atomic mass is 10.2. The molecule has 17 heavy (non-hydrogen) atoms. The van der Waals surface area contributed by atoms with Crippen molar-refractivity contribution in [3.63, 3.8) is 0 Å². The minimum atomic E-state index is -0.974. The Kier molecular flexibility index (Phi) is 3.53. The lowest BCUT2D eigenvalue weighted by Crippen LogP contribution is -2.34. The summed E-state index contributed by atoms with van der Waals surface area (Å²) in [5, 5.41) is 9.30. The highest BCUT2D eigenvalue weighted by atomic mass is 79.9. The summed E-state index contributed by atoms with van der Waals surface area (Å²) in [7, 11) is 0. The van der Waals surface area contributed by atoms with E-state index in [0.29, 0.717) is 11.3 Å². The highest BCUT2D eigenvalue weighted by Gasteiger charge is 2.38. The second-order valence-corrected chi connectivity index (χ2v) is 6.22. The fourth-order valence-corrected chi connectivity index (χ4v) is 3.40. The van der Waals surface area contributed by atoms with E-state index in [2.05, 4.69) is 15.9 Å². The summed E-state index contributed by atoms with van der Waals surface area (Å²) in [6.45, 7) is 1.92. The quantitative estimate of drug-likeness (QED) is 0.849. The second kappa shape index (κ2) is 4.78. The van der Waals surface area contributed by atoms with Gasteiger partial charge in [0.15, 0.2) is 6.04 Å². The van der Waals surface area contributed by atoms with Crippen LogP contribution in [0.1, 0.15) is 28.6 Å². The third-order valence-corrected chi connectivity index (χ3v) is 4.96. The molecule has 4 nitrogen and oxygen atoms in total. The third kappa shape index (κ3) is 2.52. The van der Waals surface area contributed by atoms with E-state index in [1.807, 2.05) is 6.92 Å². The number of rotatable bonds is 5. The van der Waals surface area contributed by atoms with Crippen LogP contribution in [0.25, 0.3) is 0 Å². The normalized spacial score (nSPS) is 16.6. The highest BCUT2D eigenvalue weighted by Crippen LogP contribution is 2.38. The number of carboxylic acids is 1. The zero-order chi connectivity index (χ0) is 12.6. The minimum Gasteiger partial charge on any atom is -0.479 e. The zero-order valence-corrected chi connectivity index (χ0v) is 11.6. The van der Waals surface area contributed by atoms with Gasteiger partial charge in [-0.2, -0.15) is 0 Å². The van der Waals surface area contributed by atoms with Crippen molar-refractivity contribution >= 4 is 39.6 Å². The standard InChI is InChI=1S/C11H12BrNO3S/c1-6-8(12)4-9(17-6)10(11(15)16)13(5-14)7-2-3-7/h4-5,7,10H,2-3H2,1H3,(H,15,16). The van der Waals surface area contributed by atoms with Gasteiger partial charge >= 0.3 is 5.97 Å². The van der Waals surface area contributed by atoms with Gasteiger partial charge in [-0.1, -0.05) is 0 Å². The first-order valence-corrected chi connectivity index (χ1v) is 6.87. The van der Waals surface area contributed by atoms with Crippen molar-refractivity contribution in [2.24, 2.45) is 0 Å². The molecule has 1 aliphatic rings. The molecular weight excluding hydrogens is 306 g/mol. The maximum Gasteiger partial charge on any atom is 0.331 e. The molecule has 0 aromatic carbocycles. The predicted octanol–water partition coefficient (Wildman–Crippen LogP) is 2.57. The number of hydrogen-bond acceptors (Lipinski definition) is 3. The Balaban J connectivity index is 2.33. The van der Waals surface area contributed by atoms with Crippen molar-refractivity contribution in [3.05, 3.63) is 20.3 Å². The van der Waals surface area contributed by atoms with Crippen LogP contribution in [0.4, 0.5) is 0 Å². The monoisotopic (exact) mass is 317 g/mol. The number of carboxylic acid groups (broad SMARTS) is 1. The number of thiophene rings is 1. The van der Waals surface area contributed by atoms with E-state index >= 15 is 0 Å². The smallest absolute Gasteiger partial charge is 0.331 e. The Hall–Kier alpha value is -0.880. The largest absolute Gasteiger partial charge is 0.479 e. The van der Waals surface area contributed by atoms with Crippen molar-refractivity contribution in [1.29, 1.82) is 0 Å². The summed E-state index contributed by atoms with van der Waals surface area (Å²) in [5.74, 6) is -0.974. The summed E-state index contributed by atoms with van der Waals surface area (Å²) in [5.41, 5.74) is 0. The average Bonchev–Trinajstić information content (AvgIpc) is 3.03. The number of carbonyl (C=O) groups is 2. The van der Waals surface area contributed by atoms with Crippen LogP contribution in [0.15, 0.2) is 10.5 Å². The topological polar surface area (TPSA) is 57.6 Å². The number of aliphatic carboxylic acids is 1. The summed E-state index contributed by atoms with van der Waals surface area (Å²) in [6.07, 6.45) is 2.45. The molecule has 1 heterocycles. The number of halogens is 1. The van der Waals surface area contributed by atoms with Crippen LogP contribution >= 0.6 is 27.3 Å². The number of aryl methyl sites for hydroxylation is 1. The van der Waals surface area contributed by atoms with Crippen LogP contribution < -0.4 is 0 Å². The van der Waals surface area contributed by atoms with Gasteiger partial charge in [-0.15, -0.1) is 11.3 Å². The van der Waals surface area contributed by atoms with Gasteiger partial charge in [0.1, 0.15) is 0 Å². The van der Waals surface area contributed by atoms with Gasteiger partial charge in [-0.05, 0) is 41.8 Å². The molecule has 1 aromatic rings. The number of amides is 1. The summed E-state index contributed by atoms with van der Waals surface area (Å²) in [6, 6.07) is 1.03. The van der Waals surface area contributed by atoms with Crippen molar-refractivity contribution in [2.45, 2.75) is 31.8 Å². The molecule has 0 bridgehead atoms. The molecule has 1 saturated carbocycles. The lowest BCUT2D eigenvalue weighted by Gasteiger charge is -2.23. The molecule has 1 aromatic heterocycles. The van der Waals surface area contributed by atoms with Crippen molar-refractivity contribution < 1.29 is 14.7 Å². The van der Waals surface area contributed by atoms with Gasteiger partial charge in [0.2, 0.25) is 6.41 Å². The first-order chi connectivity index (χ1) is 8.04. The van der Waals surface area contributed by atoms with Gasteiger partial charge in [0.05, 0.1) is 0 Å². The average molecular weight is 318 g/mol. The van der Waals surface area contributed by atoms with E-state index in [-0.39, 0.29) is 6.04 Å². The first kappa shape index (κ1) is 12.6. The van der Waals surface area contributed by atoms with Crippen LogP contribution in [0, 0.1) is 6.92 Å². The zero-order valence-electron chi connectivity index (χ0n) is 9.22. The van der Waals surface area contributed by atoms with Crippen molar-refractivity contribution in [2.75, 3.05) is 0 Å².